The number of aromatic nitrogens is 2. The van der Waals surface area contributed by atoms with Crippen molar-refractivity contribution < 1.29 is 9.90 Å². The van der Waals surface area contributed by atoms with Crippen LogP contribution in [0, 0.1) is 0 Å². The lowest BCUT2D eigenvalue weighted by molar-refractivity contribution is 0.194. The summed E-state index contributed by atoms with van der Waals surface area (Å²) >= 11 is 0. The minimum atomic E-state index is -0.0987. The van der Waals surface area contributed by atoms with Crippen molar-refractivity contribution in [3.8, 4) is 0 Å². The highest BCUT2D eigenvalue weighted by molar-refractivity contribution is 5.76. The van der Waals surface area contributed by atoms with Gasteiger partial charge in [0.15, 0.2) is 0 Å². The van der Waals surface area contributed by atoms with Crippen molar-refractivity contribution in [2.45, 2.75) is 13.3 Å². The minimum absolute atomic E-state index is 0.0987. The Morgan fingerprint density at radius 2 is 2.43 bits per heavy atom. The van der Waals surface area contributed by atoms with Crippen molar-refractivity contribution in [3.63, 3.8) is 0 Å². The van der Waals surface area contributed by atoms with Crippen molar-refractivity contribution in [2.75, 3.05) is 19.7 Å². The summed E-state index contributed by atoms with van der Waals surface area (Å²) in [6.45, 7) is 3.22. The summed E-state index contributed by atoms with van der Waals surface area (Å²) in [6.07, 6.45) is 5.26. The second-order valence-electron chi connectivity index (χ2n) is 2.91. The number of carbonyl (C=O) groups is 1. The van der Waals surface area contributed by atoms with E-state index in [0.29, 0.717) is 19.5 Å². The van der Waals surface area contributed by atoms with Gasteiger partial charge in [0, 0.05) is 32.1 Å². The summed E-state index contributed by atoms with van der Waals surface area (Å²) in [5.41, 5.74) is 0. The summed E-state index contributed by atoms with van der Waals surface area (Å²) in [5.74, 6) is 0. The predicted octanol–water partition coefficient (Wildman–Crippen LogP) is 0.555. The molecule has 0 aliphatic carbocycles. The second-order valence-corrected chi connectivity index (χ2v) is 2.91. The standard InChI is InChI=1S/C9H15N3O2/c1-2-11(5-3-7-13)9(14)12-6-4-10-8-12/h4,6,8,13H,2-3,5,7H2,1H3. The van der Waals surface area contributed by atoms with Gasteiger partial charge in [-0.3, -0.25) is 4.57 Å². The smallest absolute Gasteiger partial charge is 0.329 e. The van der Waals surface area contributed by atoms with E-state index in [4.69, 9.17) is 5.11 Å². The molecule has 1 aromatic heterocycles. The maximum Gasteiger partial charge on any atom is 0.329 e. The molecule has 1 N–H and O–H groups in total. The van der Waals surface area contributed by atoms with Crippen molar-refractivity contribution in [2.24, 2.45) is 0 Å². The molecule has 1 amide bonds. The molecule has 0 saturated heterocycles. The van der Waals surface area contributed by atoms with Crippen LogP contribution in [0.15, 0.2) is 18.7 Å². The fourth-order valence-corrected chi connectivity index (χ4v) is 1.19. The van der Waals surface area contributed by atoms with Gasteiger partial charge in [0.25, 0.3) is 0 Å². The Morgan fingerprint density at radius 3 is 2.93 bits per heavy atom. The first kappa shape index (κ1) is 10.7. The molecule has 5 nitrogen and oxygen atoms in total. The summed E-state index contributed by atoms with van der Waals surface area (Å²) in [4.78, 5) is 17.2. The molecule has 0 unspecified atom stereocenters. The van der Waals surface area contributed by atoms with Crippen LogP contribution < -0.4 is 0 Å². The summed E-state index contributed by atoms with van der Waals surface area (Å²) in [5, 5.41) is 8.67. The minimum Gasteiger partial charge on any atom is -0.396 e. The van der Waals surface area contributed by atoms with Gasteiger partial charge in [-0.05, 0) is 13.3 Å². The van der Waals surface area contributed by atoms with E-state index in [1.807, 2.05) is 6.92 Å². The van der Waals surface area contributed by atoms with Crippen LogP contribution in [-0.4, -0.2) is 45.3 Å². The van der Waals surface area contributed by atoms with Crippen LogP contribution in [0.2, 0.25) is 0 Å². The Kier molecular flexibility index (Phi) is 4.12. The van der Waals surface area contributed by atoms with E-state index in [9.17, 15) is 4.79 Å². The quantitative estimate of drug-likeness (QED) is 0.767. The number of imidazole rings is 1. The van der Waals surface area contributed by atoms with Gasteiger partial charge in [-0.1, -0.05) is 0 Å². The molecule has 0 aliphatic rings. The zero-order valence-corrected chi connectivity index (χ0v) is 8.26. The molecule has 0 saturated carbocycles. The number of hydrogen-bond acceptors (Lipinski definition) is 3. The van der Waals surface area contributed by atoms with Gasteiger partial charge in [0.05, 0.1) is 0 Å². The van der Waals surface area contributed by atoms with E-state index in [-0.39, 0.29) is 12.6 Å². The number of aliphatic hydroxyl groups excluding tert-OH is 1. The molecule has 0 aromatic carbocycles. The van der Waals surface area contributed by atoms with E-state index in [2.05, 4.69) is 4.98 Å². The fourth-order valence-electron chi connectivity index (χ4n) is 1.19. The molecular formula is C9H15N3O2. The number of carbonyl (C=O) groups excluding carboxylic acids is 1. The van der Waals surface area contributed by atoms with Gasteiger partial charge >= 0.3 is 6.03 Å². The van der Waals surface area contributed by atoms with Crippen molar-refractivity contribution in [3.05, 3.63) is 18.7 Å². The molecule has 0 aliphatic heterocycles. The van der Waals surface area contributed by atoms with E-state index in [1.165, 1.54) is 10.9 Å². The maximum atomic E-state index is 11.7. The topological polar surface area (TPSA) is 58.4 Å². The Hall–Kier alpha value is -1.36. The largest absolute Gasteiger partial charge is 0.396 e. The van der Waals surface area contributed by atoms with Gasteiger partial charge in [0.1, 0.15) is 6.33 Å². The maximum absolute atomic E-state index is 11.7. The molecule has 14 heavy (non-hydrogen) atoms. The van der Waals surface area contributed by atoms with E-state index in [1.54, 1.807) is 17.3 Å². The number of hydrogen-bond donors (Lipinski definition) is 1. The second kappa shape index (κ2) is 5.39. The average Bonchev–Trinajstić information content (AvgIpc) is 2.71. The van der Waals surface area contributed by atoms with Gasteiger partial charge in [0.2, 0.25) is 0 Å². The lowest BCUT2D eigenvalue weighted by Gasteiger charge is -2.19. The van der Waals surface area contributed by atoms with Gasteiger partial charge < -0.3 is 10.0 Å². The molecule has 0 fully saturated rings. The SMILES string of the molecule is CCN(CCCO)C(=O)n1ccnc1. The van der Waals surface area contributed by atoms with E-state index in [0.717, 1.165) is 0 Å². The number of aliphatic hydroxyl groups is 1. The van der Waals surface area contributed by atoms with Crippen molar-refractivity contribution >= 4 is 6.03 Å². The Bertz CT molecular complexity index is 272. The third-order valence-corrected chi connectivity index (χ3v) is 1.96. The van der Waals surface area contributed by atoms with Crippen LogP contribution in [0.5, 0.6) is 0 Å². The third kappa shape index (κ3) is 2.56. The van der Waals surface area contributed by atoms with Gasteiger partial charge in [-0.15, -0.1) is 0 Å². The van der Waals surface area contributed by atoms with E-state index >= 15 is 0 Å². The zero-order valence-electron chi connectivity index (χ0n) is 8.26. The van der Waals surface area contributed by atoms with E-state index < -0.39 is 0 Å². The fraction of sp³-hybridized carbons (Fsp3) is 0.556. The van der Waals surface area contributed by atoms with Crippen molar-refractivity contribution in [1.29, 1.82) is 0 Å². The zero-order chi connectivity index (χ0) is 10.4. The highest BCUT2D eigenvalue weighted by Gasteiger charge is 2.11. The Balaban J connectivity index is 2.56. The highest BCUT2D eigenvalue weighted by atomic mass is 16.3. The molecular weight excluding hydrogens is 182 g/mol. The number of nitrogens with zero attached hydrogens (tertiary/aromatic N) is 3. The first-order valence-electron chi connectivity index (χ1n) is 4.67. The van der Waals surface area contributed by atoms with Crippen LogP contribution >= 0.6 is 0 Å². The monoisotopic (exact) mass is 197 g/mol. The lowest BCUT2D eigenvalue weighted by Crippen LogP contribution is -2.35. The summed E-state index contributed by atoms with van der Waals surface area (Å²) in [7, 11) is 0. The van der Waals surface area contributed by atoms with Crippen LogP contribution in [0.4, 0.5) is 4.79 Å². The molecule has 1 rings (SSSR count). The Labute approximate surface area is 83.0 Å². The molecule has 78 valence electrons. The molecule has 0 spiro atoms. The molecule has 0 radical (unpaired) electrons. The van der Waals surface area contributed by atoms with Gasteiger partial charge in [-0.25, -0.2) is 9.78 Å². The molecule has 1 heterocycles. The highest BCUT2D eigenvalue weighted by Crippen LogP contribution is 1.97. The third-order valence-electron chi connectivity index (χ3n) is 1.96. The van der Waals surface area contributed by atoms with Crippen molar-refractivity contribution in [1.82, 2.24) is 14.5 Å². The summed E-state index contributed by atoms with van der Waals surface area (Å²) < 4.78 is 1.43. The molecule has 1 aromatic rings. The normalized spacial score (nSPS) is 10.1. The lowest BCUT2D eigenvalue weighted by atomic mass is 10.4. The molecule has 0 bridgehead atoms. The predicted molar refractivity (Wildman–Crippen MR) is 52.0 cm³/mol. The van der Waals surface area contributed by atoms with Gasteiger partial charge in [-0.2, -0.15) is 0 Å². The van der Waals surface area contributed by atoms with Crippen LogP contribution in [0.25, 0.3) is 0 Å². The summed E-state index contributed by atoms with van der Waals surface area (Å²) in [6, 6.07) is -0.0987. The Morgan fingerprint density at radius 1 is 1.64 bits per heavy atom. The average molecular weight is 197 g/mol. The van der Waals surface area contributed by atoms with Crippen LogP contribution in [0.3, 0.4) is 0 Å². The first-order chi connectivity index (χ1) is 6.79. The van der Waals surface area contributed by atoms with Crippen LogP contribution in [-0.2, 0) is 0 Å². The molecule has 0 atom stereocenters. The molecule has 5 heteroatoms. The number of rotatable bonds is 4. The number of amides is 1. The first-order valence-corrected chi connectivity index (χ1v) is 4.67. The van der Waals surface area contributed by atoms with Crippen LogP contribution in [0.1, 0.15) is 13.3 Å².